The molecule has 0 N–H and O–H groups in total. The summed E-state index contributed by atoms with van der Waals surface area (Å²) in [5, 5.41) is 0.419. The van der Waals surface area contributed by atoms with Crippen molar-refractivity contribution in [2.45, 2.75) is 39.4 Å². The molecule has 0 aliphatic carbocycles. The summed E-state index contributed by atoms with van der Waals surface area (Å²) in [6, 6.07) is 7.11. The third-order valence-electron chi connectivity index (χ3n) is 4.68. The summed E-state index contributed by atoms with van der Waals surface area (Å²) in [5.41, 5.74) is 2.61. The van der Waals surface area contributed by atoms with Gasteiger partial charge in [-0.15, -0.1) is 0 Å². The first-order chi connectivity index (χ1) is 13.4. The summed E-state index contributed by atoms with van der Waals surface area (Å²) in [7, 11) is -2.07. The van der Waals surface area contributed by atoms with Crippen LogP contribution in [0.25, 0.3) is 22.3 Å². The Labute approximate surface area is 170 Å². The third kappa shape index (κ3) is 3.85. The molecule has 1 aromatic carbocycles. The van der Waals surface area contributed by atoms with Crippen LogP contribution >= 0.6 is 0 Å². The van der Waals surface area contributed by atoms with Crippen LogP contribution in [-0.2, 0) is 17.1 Å². The molecule has 0 bridgehead atoms. The lowest BCUT2D eigenvalue weighted by molar-refractivity contribution is 0.562. The van der Waals surface area contributed by atoms with Crippen LogP contribution in [0.5, 0.6) is 0 Å². The molecule has 0 saturated heterocycles. The molecule has 2 heterocycles. The van der Waals surface area contributed by atoms with Crippen LogP contribution in [0.15, 0.2) is 45.9 Å². The van der Waals surface area contributed by atoms with Crippen molar-refractivity contribution in [2.24, 2.45) is 11.4 Å². The lowest BCUT2D eigenvalue weighted by Crippen LogP contribution is -2.27. The Kier molecular flexibility index (Phi) is 5.17. The molecule has 0 radical (unpaired) electrons. The van der Waals surface area contributed by atoms with E-state index >= 15 is 0 Å². The van der Waals surface area contributed by atoms with Gasteiger partial charge in [-0.25, -0.2) is 13.4 Å². The number of hydrogen-bond acceptors (Lipinski definition) is 5. The zero-order chi connectivity index (χ0) is 21.6. The molecule has 0 aliphatic heterocycles. The molecule has 0 saturated carbocycles. The SMILES string of the molecule is C/C(=N/S(=O)(=O)C(C)(C)C)c1cc(C)cc2c(=O)n(C)c(-c3ccncc3)nc12. The van der Waals surface area contributed by atoms with Gasteiger partial charge >= 0.3 is 0 Å². The minimum absolute atomic E-state index is 0.210. The minimum Gasteiger partial charge on any atom is -0.295 e. The van der Waals surface area contributed by atoms with Gasteiger partial charge in [0.05, 0.1) is 21.4 Å². The van der Waals surface area contributed by atoms with Crippen LogP contribution in [0.4, 0.5) is 0 Å². The van der Waals surface area contributed by atoms with Gasteiger partial charge in [0, 0.05) is 30.6 Å². The second kappa shape index (κ2) is 7.18. The summed E-state index contributed by atoms with van der Waals surface area (Å²) in [6.07, 6.45) is 3.26. The highest BCUT2D eigenvalue weighted by Gasteiger charge is 2.29. The van der Waals surface area contributed by atoms with Gasteiger partial charge in [0.1, 0.15) is 5.82 Å². The Balaban J connectivity index is 2.37. The van der Waals surface area contributed by atoms with Crippen molar-refractivity contribution in [2.75, 3.05) is 0 Å². The van der Waals surface area contributed by atoms with Gasteiger partial charge in [-0.3, -0.25) is 14.3 Å². The van der Waals surface area contributed by atoms with E-state index in [0.717, 1.165) is 11.1 Å². The first kappa shape index (κ1) is 20.9. The monoisotopic (exact) mass is 412 g/mol. The Morgan fingerprint density at radius 3 is 2.34 bits per heavy atom. The van der Waals surface area contributed by atoms with Gasteiger partial charge in [-0.2, -0.15) is 4.40 Å². The molecule has 0 spiro atoms. The summed E-state index contributed by atoms with van der Waals surface area (Å²) in [5.74, 6) is 0.474. The second-order valence-electron chi connectivity index (χ2n) is 8.01. The molecule has 0 unspecified atom stereocenters. The Hall–Kier alpha value is -2.87. The van der Waals surface area contributed by atoms with Crippen LogP contribution in [0.1, 0.15) is 38.8 Å². The molecule has 8 heteroatoms. The van der Waals surface area contributed by atoms with E-state index in [2.05, 4.69) is 9.38 Å². The van der Waals surface area contributed by atoms with Crippen LogP contribution in [0, 0.1) is 6.92 Å². The largest absolute Gasteiger partial charge is 0.295 e. The van der Waals surface area contributed by atoms with Gasteiger partial charge in [-0.05, 0) is 64.4 Å². The van der Waals surface area contributed by atoms with Crippen molar-refractivity contribution < 1.29 is 8.42 Å². The first-order valence-electron chi connectivity index (χ1n) is 9.15. The average Bonchev–Trinajstić information content (AvgIpc) is 2.64. The van der Waals surface area contributed by atoms with Crippen molar-refractivity contribution in [1.82, 2.24) is 14.5 Å². The van der Waals surface area contributed by atoms with E-state index in [0.29, 0.717) is 28.0 Å². The zero-order valence-corrected chi connectivity index (χ0v) is 18.2. The fraction of sp³-hybridized carbons (Fsp3) is 0.333. The Bertz CT molecular complexity index is 1290. The molecule has 7 nitrogen and oxygen atoms in total. The molecule has 152 valence electrons. The van der Waals surface area contributed by atoms with E-state index in [9.17, 15) is 13.2 Å². The van der Waals surface area contributed by atoms with E-state index in [1.165, 1.54) is 4.57 Å². The minimum atomic E-state index is -3.74. The maximum Gasteiger partial charge on any atom is 0.261 e. The molecule has 2 aromatic heterocycles. The maximum atomic E-state index is 13.0. The van der Waals surface area contributed by atoms with Crippen molar-refractivity contribution in [3.8, 4) is 11.4 Å². The number of fused-ring (bicyclic) bond motifs is 1. The highest BCUT2D eigenvalue weighted by atomic mass is 32.2. The van der Waals surface area contributed by atoms with Gasteiger partial charge in [0.15, 0.2) is 0 Å². The van der Waals surface area contributed by atoms with E-state index < -0.39 is 14.8 Å². The highest BCUT2D eigenvalue weighted by Crippen LogP contribution is 2.24. The number of hydrogen-bond donors (Lipinski definition) is 0. The van der Waals surface area contributed by atoms with E-state index in [-0.39, 0.29) is 5.56 Å². The smallest absolute Gasteiger partial charge is 0.261 e. The number of sulfonamides is 1. The number of aryl methyl sites for hydroxylation is 1. The standard InChI is InChI=1S/C21H24N4O3S/c1-13-11-16(14(2)24-29(27,28)21(3,4)5)18-17(12-13)20(26)25(6)19(23-18)15-7-9-22-10-8-15/h7-12H,1-6H3/b24-14-. The van der Waals surface area contributed by atoms with Crippen LogP contribution in [0.2, 0.25) is 0 Å². The number of benzene rings is 1. The highest BCUT2D eigenvalue weighted by molar-refractivity contribution is 7.91. The fourth-order valence-corrected chi connectivity index (χ4v) is 3.65. The Morgan fingerprint density at radius 1 is 1.14 bits per heavy atom. The van der Waals surface area contributed by atoms with Crippen LogP contribution < -0.4 is 5.56 Å². The van der Waals surface area contributed by atoms with Crippen molar-refractivity contribution in [1.29, 1.82) is 0 Å². The fourth-order valence-electron chi connectivity index (χ4n) is 2.92. The van der Waals surface area contributed by atoms with E-state index in [1.807, 2.05) is 13.0 Å². The predicted octanol–water partition coefficient (Wildman–Crippen LogP) is 3.24. The molecule has 3 aromatic rings. The van der Waals surface area contributed by atoms with Gasteiger partial charge in [0.2, 0.25) is 0 Å². The molecule has 0 fully saturated rings. The molecule has 0 atom stereocenters. The number of nitrogens with zero attached hydrogens (tertiary/aromatic N) is 4. The quantitative estimate of drug-likeness (QED) is 0.616. The lowest BCUT2D eigenvalue weighted by Gasteiger charge is -2.17. The summed E-state index contributed by atoms with van der Waals surface area (Å²) in [4.78, 5) is 21.8. The molecule has 0 amide bonds. The summed E-state index contributed by atoms with van der Waals surface area (Å²) >= 11 is 0. The van der Waals surface area contributed by atoms with Gasteiger partial charge in [0.25, 0.3) is 15.6 Å². The molecule has 29 heavy (non-hydrogen) atoms. The maximum absolute atomic E-state index is 13.0. The average molecular weight is 413 g/mol. The summed E-state index contributed by atoms with van der Waals surface area (Å²) in [6.45, 7) is 8.28. The zero-order valence-electron chi connectivity index (χ0n) is 17.4. The van der Waals surface area contributed by atoms with Crippen molar-refractivity contribution >= 4 is 26.6 Å². The van der Waals surface area contributed by atoms with E-state index in [4.69, 9.17) is 4.98 Å². The van der Waals surface area contributed by atoms with Gasteiger partial charge < -0.3 is 0 Å². The lowest BCUT2D eigenvalue weighted by atomic mass is 10.0. The molecular weight excluding hydrogens is 388 g/mol. The third-order valence-corrected chi connectivity index (χ3v) is 6.75. The molecule has 0 aliphatic rings. The first-order valence-corrected chi connectivity index (χ1v) is 10.6. The van der Waals surface area contributed by atoms with E-state index in [1.54, 1.807) is 65.3 Å². The predicted molar refractivity (Wildman–Crippen MR) is 116 cm³/mol. The number of aromatic nitrogens is 3. The van der Waals surface area contributed by atoms with Gasteiger partial charge in [-0.1, -0.05) is 0 Å². The van der Waals surface area contributed by atoms with Crippen molar-refractivity contribution in [3.05, 3.63) is 58.1 Å². The van der Waals surface area contributed by atoms with Crippen LogP contribution in [0.3, 0.4) is 0 Å². The van der Waals surface area contributed by atoms with Crippen molar-refractivity contribution in [3.63, 3.8) is 0 Å². The Morgan fingerprint density at radius 2 is 1.76 bits per heavy atom. The summed E-state index contributed by atoms with van der Waals surface area (Å²) < 4.78 is 29.7. The molecular formula is C21H24N4O3S. The topological polar surface area (TPSA) is 94.3 Å². The normalized spacial score (nSPS) is 13.1. The number of rotatable bonds is 3. The number of pyridine rings is 1. The second-order valence-corrected chi connectivity index (χ2v) is 10.4. The molecule has 3 rings (SSSR count). The van der Waals surface area contributed by atoms with Crippen LogP contribution in [-0.4, -0.2) is 33.4 Å².